The lowest BCUT2D eigenvalue weighted by atomic mass is 10.2. The standard InChI is InChI=1S/C18H17N3O4/c1-24-16-7-4-14(5-8-16)12-20(13-17-3-2-10-25-17)18-9-6-15(11-19-18)21(22)23/h2-11H,12-13H2,1H3. The number of pyridine rings is 1. The molecule has 0 saturated heterocycles. The monoisotopic (exact) mass is 339 g/mol. The number of benzene rings is 1. The lowest BCUT2D eigenvalue weighted by Crippen LogP contribution is -2.22. The number of hydrogen-bond acceptors (Lipinski definition) is 6. The lowest BCUT2D eigenvalue weighted by Gasteiger charge is -2.22. The maximum atomic E-state index is 10.8. The zero-order chi connectivity index (χ0) is 17.6. The van der Waals surface area contributed by atoms with Gasteiger partial charge in [-0.1, -0.05) is 12.1 Å². The summed E-state index contributed by atoms with van der Waals surface area (Å²) in [6, 6.07) is 14.5. The van der Waals surface area contributed by atoms with E-state index in [1.54, 1.807) is 19.4 Å². The molecule has 3 aromatic rings. The number of nitrogens with zero attached hydrogens (tertiary/aromatic N) is 3. The van der Waals surface area contributed by atoms with Crippen LogP contribution in [0.5, 0.6) is 5.75 Å². The van der Waals surface area contributed by atoms with Gasteiger partial charge in [0.1, 0.15) is 23.5 Å². The van der Waals surface area contributed by atoms with E-state index < -0.39 is 4.92 Å². The van der Waals surface area contributed by atoms with Crippen LogP contribution < -0.4 is 9.64 Å². The van der Waals surface area contributed by atoms with Crippen molar-refractivity contribution in [2.75, 3.05) is 12.0 Å². The van der Waals surface area contributed by atoms with E-state index in [-0.39, 0.29) is 5.69 Å². The summed E-state index contributed by atoms with van der Waals surface area (Å²) in [4.78, 5) is 16.6. The summed E-state index contributed by atoms with van der Waals surface area (Å²) in [5.41, 5.74) is 1.03. The second-order valence-corrected chi connectivity index (χ2v) is 5.42. The quantitative estimate of drug-likeness (QED) is 0.481. The Bertz CT molecular complexity index is 815. The minimum atomic E-state index is -0.461. The van der Waals surface area contributed by atoms with Crippen LogP contribution in [0.4, 0.5) is 11.5 Å². The molecule has 0 fully saturated rings. The van der Waals surface area contributed by atoms with E-state index in [1.165, 1.54) is 12.3 Å². The number of anilines is 1. The van der Waals surface area contributed by atoms with Crippen molar-refractivity contribution in [1.29, 1.82) is 0 Å². The molecule has 2 aromatic heterocycles. The van der Waals surface area contributed by atoms with Gasteiger partial charge in [-0.15, -0.1) is 0 Å². The first-order valence-corrected chi connectivity index (χ1v) is 7.66. The van der Waals surface area contributed by atoms with Gasteiger partial charge in [0.2, 0.25) is 0 Å². The fourth-order valence-electron chi connectivity index (χ4n) is 2.43. The summed E-state index contributed by atoms with van der Waals surface area (Å²) in [5, 5.41) is 10.8. The second-order valence-electron chi connectivity index (χ2n) is 5.42. The topological polar surface area (TPSA) is 81.6 Å². The van der Waals surface area contributed by atoms with Crippen LogP contribution in [-0.2, 0) is 13.1 Å². The second kappa shape index (κ2) is 7.48. The Labute approximate surface area is 144 Å². The van der Waals surface area contributed by atoms with E-state index in [1.807, 2.05) is 41.3 Å². The molecule has 7 nitrogen and oxygen atoms in total. The molecule has 0 saturated carbocycles. The third-order valence-corrected chi connectivity index (χ3v) is 3.73. The Kier molecular flexibility index (Phi) is 4.94. The van der Waals surface area contributed by atoms with Crippen LogP contribution in [-0.4, -0.2) is 17.0 Å². The van der Waals surface area contributed by atoms with Crippen LogP contribution in [0.1, 0.15) is 11.3 Å². The summed E-state index contributed by atoms with van der Waals surface area (Å²) in [6.45, 7) is 1.08. The summed E-state index contributed by atoms with van der Waals surface area (Å²) in [7, 11) is 1.62. The van der Waals surface area contributed by atoms with Gasteiger partial charge in [0.25, 0.3) is 5.69 Å². The molecule has 0 spiro atoms. The van der Waals surface area contributed by atoms with Gasteiger partial charge in [0.15, 0.2) is 0 Å². The van der Waals surface area contributed by atoms with Crippen LogP contribution in [0.2, 0.25) is 0 Å². The minimum absolute atomic E-state index is 0.0360. The van der Waals surface area contributed by atoms with Crippen molar-refractivity contribution in [3.05, 3.63) is 82.4 Å². The molecule has 0 aliphatic heterocycles. The van der Waals surface area contributed by atoms with Gasteiger partial charge < -0.3 is 14.1 Å². The van der Waals surface area contributed by atoms with E-state index in [4.69, 9.17) is 9.15 Å². The minimum Gasteiger partial charge on any atom is -0.497 e. The molecule has 25 heavy (non-hydrogen) atoms. The molecule has 0 aliphatic carbocycles. The molecular weight excluding hydrogens is 322 g/mol. The van der Waals surface area contributed by atoms with Gasteiger partial charge >= 0.3 is 0 Å². The Morgan fingerprint density at radius 1 is 1.16 bits per heavy atom. The molecule has 0 N–H and O–H groups in total. The molecule has 2 heterocycles. The average molecular weight is 339 g/mol. The fraction of sp³-hybridized carbons (Fsp3) is 0.167. The molecule has 0 radical (unpaired) electrons. The van der Waals surface area contributed by atoms with Crippen LogP contribution >= 0.6 is 0 Å². The van der Waals surface area contributed by atoms with Crippen LogP contribution in [0.3, 0.4) is 0 Å². The van der Waals surface area contributed by atoms with Crippen LogP contribution in [0.25, 0.3) is 0 Å². The maximum absolute atomic E-state index is 10.8. The normalized spacial score (nSPS) is 10.4. The van der Waals surface area contributed by atoms with E-state index >= 15 is 0 Å². The zero-order valence-corrected chi connectivity index (χ0v) is 13.7. The highest BCUT2D eigenvalue weighted by atomic mass is 16.6. The smallest absolute Gasteiger partial charge is 0.287 e. The molecule has 1 aromatic carbocycles. The lowest BCUT2D eigenvalue weighted by molar-refractivity contribution is -0.385. The summed E-state index contributed by atoms with van der Waals surface area (Å²) in [5.74, 6) is 2.21. The molecular formula is C18H17N3O4. The molecule has 0 unspecified atom stereocenters. The van der Waals surface area contributed by atoms with Gasteiger partial charge in [-0.3, -0.25) is 10.1 Å². The molecule has 7 heteroatoms. The Morgan fingerprint density at radius 2 is 1.96 bits per heavy atom. The molecule has 0 amide bonds. The molecule has 0 aliphatic rings. The predicted molar refractivity (Wildman–Crippen MR) is 92.5 cm³/mol. The van der Waals surface area contributed by atoms with E-state index in [9.17, 15) is 10.1 Å². The third-order valence-electron chi connectivity index (χ3n) is 3.73. The first kappa shape index (κ1) is 16.5. The maximum Gasteiger partial charge on any atom is 0.287 e. The number of rotatable bonds is 7. The van der Waals surface area contributed by atoms with Crippen LogP contribution in [0, 0.1) is 10.1 Å². The van der Waals surface area contributed by atoms with Crippen LogP contribution in [0.15, 0.2) is 65.4 Å². The average Bonchev–Trinajstić information content (AvgIpc) is 3.15. The SMILES string of the molecule is COc1ccc(CN(Cc2ccco2)c2ccc([N+](=O)[O-])cn2)cc1. The fourth-order valence-corrected chi connectivity index (χ4v) is 2.43. The number of nitro groups is 1. The number of furan rings is 1. The van der Waals surface area contributed by atoms with Gasteiger partial charge in [0.05, 0.1) is 24.8 Å². The van der Waals surface area contributed by atoms with Crippen molar-refractivity contribution in [3.63, 3.8) is 0 Å². The van der Waals surface area contributed by atoms with Gasteiger partial charge in [-0.2, -0.15) is 0 Å². The Hall–Kier alpha value is -3.35. The third kappa shape index (κ3) is 4.14. The highest BCUT2D eigenvalue weighted by Crippen LogP contribution is 2.21. The van der Waals surface area contributed by atoms with Gasteiger partial charge in [-0.25, -0.2) is 4.98 Å². The summed E-state index contributed by atoms with van der Waals surface area (Å²) < 4.78 is 10.6. The number of aromatic nitrogens is 1. The molecule has 128 valence electrons. The first-order chi connectivity index (χ1) is 12.2. The Balaban J connectivity index is 1.84. The van der Waals surface area contributed by atoms with E-state index in [0.717, 1.165) is 17.1 Å². The largest absolute Gasteiger partial charge is 0.497 e. The van der Waals surface area contributed by atoms with Crippen molar-refractivity contribution < 1.29 is 14.1 Å². The van der Waals surface area contributed by atoms with Crippen molar-refractivity contribution in [2.45, 2.75) is 13.1 Å². The summed E-state index contributed by atoms with van der Waals surface area (Å²) >= 11 is 0. The molecule has 3 rings (SSSR count). The van der Waals surface area contributed by atoms with Gasteiger partial charge in [0, 0.05) is 12.6 Å². The van der Waals surface area contributed by atoms with Crippen molar-refractivity contribution in [3.8, 4) is 5.75 Å². The summed E-state index contributed by atoms with van der Waals surface area (Å²) in [6.07, 6.45) is 2.88. The zero-order valence-electron chi connectivity index (χ0n) is 13.7. The molecule has 0 bridgehead atoms. The van der Waals surface area contributed by atoms with E-state index in [2.05, 4.69) is 4.98 Å². The van der Waals surface area contributed by atoms with Gasteiger partial charge in [-0.05, 0) is 35.9 Å². The molecule has 0 atom stereocenters. The van der Waals surface area contributed by atoms with Crippen molar-refractivity contribution in [1.82, 2.24) is 4.98 Å². The predicted octanol–water partition coefficient (Wildman–Crippen LogP) is 3.80. The number of hydrogen-bond donors (Lipinski definition) is 0. The first-order valence-electron chi connectivity index (χ1n) is 7.66. The highest BCUT2D eigenvalue weighted by Gasteiger charge is 2.14. The number of ether oxygens (including phenoxy) is 1. The Morgan fingerprint density at radius 3 is 2.52 bits per heavy atom. The van der Waals surface area contributed by atoms with E-state index in [0.29, 0.717) is 18.9 Å². The van der Waals surface area contributed by atoms with Crippen molar-refractivity contribution >= 4 is 11.5 Å². The van der Waals surface area contributed by atoms with Crippen molar-refractivity contribution in [2.24, 2.45) is 0 Å². The highest BCUT2D eigenvalue weighted by molar-refractivity contribution is 5.44. The number of methoxy groups -OCH3 is 1.